The second kappa shape index (κ2) is 4.97. The molecule has 0 spiro atoms. The van der Waals surface area contributed by atoms with Gasteiger partial charge in [-0.3, -0.25) is 5.32 Å². The summed E-state index contributed by atoms with van der Waals surface area (Å²) in [5.41, 5.74) is 1.35. The highest BCUT2D eigenvalue weighted by Crippen LogP contribution is 2.29. The van der Waals surface area contributed by atoms with Gasteiger partial charge in [0.25, 0.3) is 0 Å². The molecule has 1 heterocycles. The van der Waals surface area contributed by atoms with Crippen LogP contribution in [0.1, 0.15) is 0 Å². The van der Waals surface area contributed by atoms with Crippen molar-refractivity contribution in [1.29, 1.82) is 0 Å². The van der Waals surface area contributed by atoms with Gasteiger partial charge in [0.05, 0.1) is 5.69 Å². The Hall–Kier alpha value is -2.95. The number of benzene rings is 2. The molecule has 3 aromatic rings. The fraction of sp³-hybridized carbons (Fsp3) is 0. The molecule has 0 unspecified atom stereocenters. The van der Waals surface area contributed by atoms with Gasteiger partial charge in [-0.2, -0.15) is 0 Å². The minimum atomic E-state index is -1.10. The maximum atomic E-state index is 10.7. The van der Waals surface area contributed by atoms with E-state index >= 15 is 0 Å². The van der Waals surface area contributed by atoms with Gasteiger partial charge in [0.2, 0.25) is 0 Å². The summed E-state index contributed by atoms with van der Waals surface area (Å²) in [5, 5.41) is 11.9. The van der Waals surface area contributed by atoms with Crippen LogP contribution in [-0.2, 0) is 0 Å². The molecular formula is C15H12N2O3. The van der Waals surface area contributed by atoms with Gasteiger partial charge in [-0.1, -0.05) is 18.2 Å². The van der Waals surface area contributed by atoms with E-state index in [1.807, 2.05) is 42.5 Å². The molecule has 5 nitrogen and oxygen atoms in total. The summed E-state index contributed by atoms with van der Waals surface area (Å²) < 4.78 is 5.73. The number of aromatic amines is 1. The van der Waals surface area contributed by atoms with E-state index in [0.29, 0.717) is 11.4 Å². The third-order valence-electron chi connectivity index (χ3n) is 2.87. The monoisotopic (exact) mass is 268 g/mol. The number of fused-ring (bicyclic) bond motifs is 1. The van der Waals surface area contributed by atoms with Crippen molar-refractivity contribution in [3.8, 4) is 11.5 Å². The molecule has 5 heteroatoms. The van der Waals surface area contributed by atoms with E-state index in [-0.39, 0.29) is 0 Å². The smallest absolute Gasteiger partial charge is 0.409 e. The molecule has 0 fully saturated rings. The lowest BCUT2D eigenvalue weighted by atomic mass is 10.2. The number of hydrogen-bond donors (Lipinski definition) is 3. The third-order valence-corrected chi connectivity index (χ3v) is 2.87. The van der Waals surface area contributed by atoms with Crippen molar-refractivity contribution in [2.24, 2.45) is 0 Å². The van der Waals surface area contributed by atoms with Crippen molar-refractivity contribution in [2.75, 3.05) is 5.32 Å². The number of hydrogen-bond acceptors (Lipinski definition) is 2. The molecule has 0 aliphatic heterocycles. The summed E-state index contributed by atoms with van der Waals surface area (Å²) in [4.78, 5) is 13.7. The molecule has 20 heavy (non-hydrogen) atoms. The second-order valence-electron chi connectivity index (χ2n) is 4.26. The molecule has 0 saturated heterocycles. The highest BCUT2D eigenvalue weighted by molar-refractivity contribution is 5.99. The minimum Gasteiger partial charge on any atom is -0.465 e. The van der Waals surface area contributed by atoms with E-state index in [1.54, 1.807) is 12.3 Å². The molecule has 3 N–H and O–H groups in total. The number of carboxylic acid groups (broad SMARTS) is 1. The Labute approximate surface area is 114 Å². The van der Waals surface area contributed by atoms with Crippen LogP contribution in [0.4, 0.5) is 10.5 Å². The zero-order valence-corrected chi connectivity index (χ0v) is 10.5. The van der Waals surface area contributed by atoms with Crippen molar-refractivity contribution >= 4 is 22.7 Å². The quantitative estimate of drug-likeness (QED) is 0.670. The Bertz CT molecular complexity index is 750. The van der Waals surface area contributed by atoms with Gasteiger partial charge in [-0.05, 0) is 30.3 Å². The molecular weight excluding hydrogens is 256 g/mol. The normalized spacial score (nSPS) is 10.4. The van der Waals surface area contributed by atoms with Crippen LogP contribution in [-0.4, -0.2) is 16.2 Å². The highest BCUT2D eigenvalue weighted by atomic mass is 16.5. The summed E-state index contributed by atoms with van der Waals surface area (Å²) in [6, 6.07) is 14.9. The molecule has 0 bridgehead atoms. The van der Waals surface area contributed by atoms with Crippen LogP contribution in [0.15, 0.2) is 54.7 Å². The van der Waals surface area contributed by atoms with Crippen LogP contribution in [0.3, 0.4) is 0 Å². The number of rotatable bonds is 3. The van der Waals surface area contributed by atoms with Crippen molar-refractivity contribution in [1.82, 2.24) is 4.98 Å². The van der Waals surface area contributed by atoms with Crippen molar-refractivity contribution in [2.45, 2.75) is 0 Å². The zero-order chi connectivity index (χ0) is 13.9. The maximum Gasteiger partial charge on any atom is 0.409 e. The number of anilines is 1. The van der Waals surface area contributed by atoms with Crippen LogP contribution < -0.4 is 10.1 Å². The lowest BCUT2D eigenvalue weighted by Gasteiger charge is -2.06. The van der Waals surface area contributed by atoms with Gasteiger partial charge in [0.15, 0.2) is 0 Å². The first-order valence-electron chi connectivity index (χ1n) is 6.06. The number of H-pyrrole nitrogens is 1. The molecule has 0 atom stereocenters. The fourth-order valence-corrected chi connectivity index (χ4v) is 2.01. The fourth-order valence-electron chi connectivity index (χ4n) is 2.01. The largest absolute Gasteiger partial charge is 0.465 e. The number of para-hydroxylation sites is 1. The molecule has 3 rings (SSSR count). The number of nitrogens with one attached hydrogen (secondary N) is 2. The first-order valence-corrected chi connectivity index (χ1v) is 6.06. The Morgan fingerprint density at radius 3 is 2.65 bits per heavy atom. The Balaban J connectivity index is 1.95. The van der Waals surface area contributed by atoms with E-state index in [2.05, 4.69) is 10.3 Å². The molecule has 0 aliphatic rings. The van der Waals surface area contributed by atoms with Crippen molar-refractivity contribution in [3.63, 3.8) is 0 Å². The number of ether oxygens (including phenoxy) is 1. The van der Waals surface area contributed by atoms with Crippen LogP contribution in [0, 0.1) is 0 Å². The van der Waals surface area contributed by atoms with Gasteiger partial charge in [0.1, 0.15) is 11.5 Å². The van der Waals surface area contributed by atoms with Gasteiger partial charge in [0, 0.05) is 17.1 Å². The number of amides is 1. The first-order chi connectivity index (χ1) is 9.72. The summed E-state index contributed by atoms with van der Waals surface area (Å²) >= 11 is 0. The highest BCUT2D eigenvalue weighted by Gasteiger charge is 2.07. The summed E-state index contributed by atoms with van der Waals surface area (Å²) in [7, 11) is 0. The number of aromatic nitrogens is 1. The summed E-state index contributed by atoms with van der Waals surface area (Å²) in [6.07, 6.45) is 0.519. The predicted octanol–water partition coefficient (Wildman–Crippen LogP) is 4.05. The minimum absolute atomic E-state index is 0.506. The lowest BCUT2D eigenvalue weighted by molar-refractivity contribution is 0.210. The van der Waals surface area contributed by atoms with E-state index in [4.69, 9.17) is 9.84 Å². The van der Waals surface area contributed by atoms with Gasteiger partial charge in [-0.25, -0.2) is 4.79 Å². The van der Waals surface area contributed by atoms with Crippen LogP contribution in [0.2, 0.25) is 0 Å². The molecule has 0 aliphatic carbocycles. The van der Waals surface area contributed by atoms with Crippen LogP contribution in [0.5, 0.6) is 11.5 Å². The predicted molar refractivity (Wildman–Crippen MR) is 76.5 cm³/mol. The van der Waals surface area contributed by atoms with Crippen molar-refractivity contribution < 1.29 is 14.6 Å². The number of carbonyl (C=O) groups is 1. The van der Waals surface area contributed by atoms with Gasteiger partial charge in [-0.15, -0.1) is 0 Å². The average molecular weight is 268 g/mol. The lowest BCUT2D eigenvalue weighted by Crippen LogP contribution is -2.06. The van der Waals surface area contributed by atoms with Crippen LogP contribution in [0.25, 0.3) is 10.9 Å². The Morgan fingerprint density at radius 2 is 1.90 bits per heavy atom. The van der Waals surface area contributed by atoms with E-state index in [9.17, 15) is 4.79 Å². The van der Waals surface area contributed by atoms with E-state index in [1.165, 1.54) is 0 Å². The Morgan fingerprint density at radius 1 is 1.10 bits per heavy atom. The molecule has 0 radical (unpaired) electrons. The molecule has 1 amide bonds. The molecule has 0 saturated carbocycles. The molecule has 1 aromatic heterocycles. The van der Waals surface area contributed by atoms with Gasteiger partial charge < -0.3 is 14.8 Å². The van der Waals surface area contributed by atoms with Gasteiger partial charge >= 0.3 is 6.09 Å². The summed E-state index contributed by atoms with van der Waals surface area (Å²) in [5.74, 6) is 1.38. The average Bonchev–Trinajstić information content (AvgIpc) is 2.82. The van der Waals surface area contributed by atoms with E-state index < -0.39 is 6.09 Å². The Kier molecular flexibility index (Phi) is 3.01. The maximum absolute atomic E-state index is 10.7. The molecule has 100 valence electrons. The summed E-state index contributed by atoms with van der Waals surface area (Å²) in [6.45, 7) is 0. The standard InChI is InChI=1S/C15H12N2O3/c18-15(19)17-14-9-16-13-7-6-11(8-12(13)14)20-10-4-2-1-3-5-10/h1-9,16-17H,(H,18,19). The molecule has 2 aromatic carbocycles. The first kappa shape index (κ1) is 12.1. The zero-order valence-electron chi connectivity index (χ0n) is 10.5. The topological polar surface area (TPSA) is 74.4 Å². The second-order valence-corrected chi connectivity index (χ2v) is 4.26. The SMILES string of the molecule is O=C(O)Nc1c[nH]c2ccc(Oc3ccccc3)cc12. The van der Waals surface area contributed by atoms with Crippen molar-refractivity contribution in [3.05, 3.63) is 54.7 Å². The van der Waals surface area contributed by atoms with E-state index in [0.717, 1.165) is 16.7 Å². The third kappa shape index (κ3) is 2.42. The van der Waals surface area contributed by atoms with Crippen LogP contribution >= 0.6 is 0 Å².